The number of carbonyl (C=O) groups is 2. The first-order chi connectivity index (χ1) is 16.4. The van der Waals surface area contributed by atoms with Crippen LogP contribution in [-0.4, -0.2) is 52.3 Å². The van der Waals surface area contributed by atoms with Crippen LogP contribution in [0.25, 0.3) is 11.0 Å². The molecular formula is C26H28N6O2. The summed E-state index contributed by atoms with van der Waals surface area (Å²) < 4.78 is 1.57. The van der Waals surface area contributed by atoms with Crippen LogP contribution in [0.4, 0.5) is 11.4 Å². The SMILES string of the molecule is Cc1ccc(CN(CC(=O)Nc2ccc(N(C)C)cc2)C(=O)Cn2nnc3ccccc32)cc1. The summed E-state index contributed by atoms with van der Waals surface area (Å²) in [5.74, 6) is -0.476. The molecule has 0 spiro atoms. The summed E-state index contributed by atoms with van der Waals surface area (Å²) in [7, 11) is 3.92. The Morgan fingerprint density at radius 1 is 0.941 bits per heavy atom. The number of para-hydroxylation sites is 1. The Labute approximate surface area is 198 Å². The van der Waals surface area contributed by atoms with Crippen LogP contribution in [0, 0.1) is 6.92 Å². The van der Waals surface area contributed by atoms with Crippen molar-refractivity contribution in [3.63, 3.8) is 0 Å². The van der Waals surface area contributed by atoms with Crippen molar-refractivity contribution in [1.82, 2.24) is 19.9 Å². The second-order valence-corrected chi connectivity index (χ2v) is 8.46. The molecule has 0 saturated heterocycles. The molecule has 2 amide bonds. The largest absolute Gasteiger partial charge is 0.378 e. The predicted octanol–water partition coefficient (Wildman–Crippen LogP) is 3.47. The van der Waals surface area contributed by atoms with Gasteiger partial charge in [0.1, 0.15) is 18.6 Å². The van der Waals surface area contributed by atoms with Crippen LogP contribution >= 0.6 is 0 Å². The van der Waals surface area contributed by atoms with Gasteiger partial charge in [0.25, 0.3) is 0 Å². The molecule has 1 N–H and O–H groups in total. The molecule has 8 nitrogen and oxygen atoms in total. The molecule has 0 unspecified atom stereocenters. The lowest BCUT2D eigenvalue weighted by Gasteiger charge is -2.23. The molecule has 0 fully saturated rings. The third-order valence-corrected chi connectivity index (χ3v) is 5.55. The lowest BCUT2D eigenvalue weighted by Crippen LogP contribution is -2.39. The maximum atomic E-state index is 13.3. The minimum absolute atomic E-state index is 0.00279. The number of aryl methyl sites for hydroxylation is 1. The van der Waals surface area contributed by atoms with Crippen molar-refractivity contribution in [3.8, 4) is 0 Å². The number of anilines is 2. The molecule has 0 saturated carbocycles. The summed E-state index contributed by atoms with van der Waals surface area (Å²) in [6, 6.07) is 23.0. The zero-order valence-corrected chi connectivity index (χ0v) is 19.6. The number of rotatable bonds is 8. The van der Waals surface area contributed by atoms with E-state index < -0.39 is 0 Å². The molecule has 34 heavy (non-hydrogen) atoms. The molecule has 0 atom stereocenters. The van der Waals surface area contributed by atoms with Crippen LogP contribution in [0.2, 0.25) is 0 Å². The summed E-state index contributed by atoms with van der Waals surface area (Å²) in [5.41, 5.74) is 5.30. The van der Waals surface area contributed by atoms with E-state index in [-0.39, 0.29) is 24.9 Å². The third kappa shape index (κ3) is 5.58. The highest BCUT2D eigenvalue weighted by Crippen LogP contribution is 2.16. The van der Waals surface area contributed by atoms with E-state index >= 15 is 0 Å². The number of aromatic nitrogens is 3. The van der Waals surface area contributed by atoms with Crippen molar-refractivity contribution in [2.75, 3.05) is 30.9 Å². The quantitative estimate of drug-likeness (QED) is 0.439. The molecule has 1 aromatic heterocycles. The number of amides is 2. The third-order valence-electron chi connectivity index (χ3n) is 5.55. The van der Waals surface area contributed by atoms with E-state index in [2.05, 4.69) is 15.6 Å². The number of fused-ring (bicyclic) bond motifs is 1. The van der Waals surface area contributed by atoms with Crippen LogP contribution in [-0.2, 0) is 22.7 Å². The minimum Gasteiger partial charge on any atom is -0.378 e. The summed E-state index contributed by atoms with van der Waals surface area (Å²) in [4.78, 5) is 29.7. The smallest absolute Gasteiger partial charge is 0.245 e. The zero-order valence-electron chi connectivity index (χ0n) is 19.6. The second kappa shape index (κ2) is 10.2. The Bertz CT molecular complexity index is 1280. The van der Waals surface area contributed by atoms with Gasteiger partial charge in [0.15, 0.2) is 0 Å². The van der Waals surface area contributed by atoms with Gasteiger partial charge in [0.05, 0.1) is 5.52 Å². The number of nitrogens with zero attached hydrogens (tertiary/aromatic N) is 5. The van der Waals surface area contributed by atoms with Crippen molar-refractivity contribution in [3.05, 3.63) is 83.9 Å². The molecule has 174 valence electrons. The first kappa shape index (κ1) is 23.0. The van der Waals surface area contributed by atoms with Crippen molar-refractivity contribution in [2.45, 2.75) is 20.0 Å². The number of hydrogen-bond donors (Lipinski definition) is 1. The van der Waals surface area contributed by atoms with Gasteiger partial charge >= 0.3 is 0 Å². The number of hydrogen-bond acceptors (Lipinski definition) is 5. The lowest BCUT2D eigenvalue weighted by atomic mass is 10.1. The Kier molecular flexibility index (Phi) is 6.87. The van der Waals surface area contributed by atoms with Gasteiger partial charge in [-0.1, -0.05) is 47.2 Å². The van der Waals surface area contributed by atoms with Crippen LogP contribution in [0.5, 0.6) is 0 Å². The van der Waals surface area contributed by atoms with E-state index in [4.69, 9.17) is 0 Å². The first-order valence-electron chi connectivity index (χ1n) is 11.1. The monoisotopic (exact) mass is 456 g/mol. The van der Waals surface area contributed by atoms with E-state index in [1.54, 1.807) is 9.58 Å². The average molecular weight is 457 g/mol. The zero-order chi connectivity index (χ0) is 24.1. The van der Waals surface area contributed by atoms with Gasteiger partial charge in [-0.15, -0.1) is 5.10 Å². The number of carbonyl (C=O) groups excluding carboxylic acids is 2. The van der Waals surface area contributed by atoms with E-state index in [1.807, 2.05) is 98.7 Å². The summed E-state index contributed by atoms with van der Waals surface area (Å²) in [5, 5.41) is 11.1. The maximum Gasteiger partial charge on any atom is 0.245 e. The maximum absolute atomic E-state index is 13.3. The molecule has 3 aromatic carbocycles. The molecule has 0 aliphatic heterocycles. The Hall–Kier alpha value is -4.20. The van der Waals surface area contributed by atoms with Gasteiger partial charge in [-0.25, -0.2) is 4.68 Å². The molecule has 0 bridgehead atoms. The van der Waals surface area contributed by atoms with Crippen molar-refractivity contribution < 1.29 is 9.59 Å². The van der Waals surface area contributed by atoms with Gasteiger partial charge in [0, 0.05) is 32.0 Å². The van der Waals surface area contributed by atoms with Crippen molar-refractivity contribution in [1.29, 1.82) is 0 Å². The molecule has 0 aliphatic carbocycles. The van der Waals surface area contributed by atoms with E-state index in [0.29, 0.717) is 12.2 Å². The van der Waals surface area contributed by atoms with Crippen molar-refractivity contribution >= 4 is 34.2 Å². The Morgan fingerprint density at radius 3 is 2.35 bits per heavy atom. The summed E-state index contributed by atoms with van der Waals surface area (Å²) >= 11 is 0. The first-order valence-corrected chi connectivity index (χ1v) is 11.1. The molecule has 0 radical (unpaired) electrons. The standard InChI is InChI=1S/C26H28N6O2/c1-19-8-10-20(11-9-19)16-31(17-25(33)27-21-12-14-22(15-13-21)30(2)3)26(34)18-32-24-7-5-4-6-23(24)28-29-32/h4-15H,16-18H2,1-3H3,(H,27,33). The van der Waals surface area contributed by atoms with E-state index in [1.165, 1.54) is 0 Å². The van der Waals surface area contributed by atoms with Crippen LogP contribution in [0.15, 0.2) is 72.8 Å². The van der Waals surface area contributed by atoms with Gasteiger partial charge in [-0.3, -0.25) is 9.59 Å². The highest BCUT2D eigenvalue weighted by atomic mass is 16.2. The highest BCUT2D eigenvalue weighted by molar-refractivity contribution is 5.94. The molecule has 4 rings (SSSR count). The van der Waals surface area contributed by atoms with Gasteiger partial charge in [-0.2, -0.15) is 0 Å². The number of benzene rings is 3. The van der Waals surface area contributed by atoms with Crippen LogP contribution < -0.4 is 10.2 Å². The van der Waals surface area contributed by atoms with Crippen molar-refractivity contribution in [2.24, 2.45) is 0 Å². The fourth-order valence-electron chi connectivity index (χ4n) is 3.63. The second-order valence-electron chi connectivity index (χ2n) is 8.46. The van der Waals surface area contributed by atoms with Gasteiger partial charge in [0.2, 0.25) is 11.8 Å². The molecule has 1 heterocycles. The Balaban J connectivity index is 1.50. The molecule has 8 heteroatoms. The lowest BCUT2D eigenvalue weighted by molar-refractivity contribution is -0.136. The van der Waals surface area contributed by atoms with E-state index in [9.17, 15) is 9.59 Å². The average Bonchev–Trinajstić information content (AvgIpc) is 3.23. The fourth-order valence-corrected chi connectivity index (χ4v) is 3.63. The normalized spacial score (nSPS) is 10.8. The predicted molar refractivity (Wildman–Crippen MR) is 134 cm³/mol. The van der Waals surface area contributed by atoms with E-state index in [0.717, 1.165) is 27.8 Å². The summed E-state index contributed by atoms with van der Waals surface area (Å²) in [6.07, 6.45) is 0. The fraction of sp³-hybridized carbons (Fsp3) is 0.231. The molecule has 0 aliphatic rings. The molecular weight excluding hydrogens is 428 g/mol. The topological polar surface area (TPSA) is 83.4 Å². The number of nitrogens with one attached hydrogen (secondary N) is 1. The van der Waals surface area contributed by atoms with Gasteiger partial charge < -0.3 is 15.1 Å². The molecule has 4 aromatic rings. The highest BCUT2D eigenvalue weighted by Gasteiger charge is 2.20. The Morgan fingerprint density at radius 2 is 1.65 bits per heavy atom. The van der Waals surface area contributed by atoms with Crippen LogP contribution in [0.1, 0.15) is 11.1 Å². The minimum atomic E-state index is -0.262. The van der Waals surface area contributed by atoms with Gasteiger partial charge in [-0.05, 0) is 48.9 Å². The summed E-state index contributed by atoms with van der Waals surface area (Å²) in [6.45, 7) is 2.25. The van der Waals surface area contributed by atoms with Crippen LogP contribution in [0.3, 0.4) is 0 Å².